The van der Waals surface area contributed by atoms with Gasteiger partial charge in [-0.15, -0.1) is 0 Å². The summed E-state index contributed by atoms with van der Waals surface area (Å²) in [7, 11) is 0. The van der Waals surface area contributed by atoms with Gasteiger partial charge in [0.25, 0.3) is 0 Å². The summed E-state index contributed by atoms with van der Waals surface area (Å²) in [6.45, 7) is 5.89. The lowest BCUT2D eigenvalue weighted by atomic mass is 10.1. The van der Waals surface area contributed by atoms with Gasteiger partial charge in [0.15, 0.2) is 5.12 Å². The van der Waals surface area contributed by atoms with Crippen molar-refractivity contribution in [1.29, 1.82) is 0 Å². The van der Waals surface area contributed by atoms with Crippen molar-refractivity contribution >= 4 is 34.8 Å². The van der Waals surface area contributed by atoms with Crippen molar-refractivity contribution in [1.82, 2.24) is 0 Å². The predicted octanol–water partition coefficient (Wildman–Crippen LogP) is 7.52. The number of carboxylic acids is 1. The molecule has 0 bridgehead atoms. The average Bonchev–Trinajstić information content (AvgIpc) is 2.84. The van der Waals surface area contributed by atoms with Gasteiger partial charge in [0, 0.05) is 12.8 Å². The topological polar surface area (TPSA) is 97.7 Å². The Morgan fingerprint density at radius 2 is 1.22 bits per heavy atom. The van der Waals surface area contributed by atoms with Crippen LogP contribution in [-0.2, 0) is 23.9 Å². The molecule has 1 unspecified atom stereocenters. The summed E-state index contributed by atoms with van der Waals surface area (Å²) >= 11 is 0.725. The Balaban J connectivity index is 3.88. The quantitative estimate of drug-likeness (QED) is 0.0749. The minimum atomic E-state index is -1.04. The molecule has 0 rings (SSSR count). The number of carbonyl (C=O) groups is 4. The number of carboxylic acid groups (broad SMARTS) is 1. The number of allylic oxidation sites excluding steroid dienone is 10. The molecule has 1 N–H and O–H groups in total. The van der Waals surface area contributed by atoms with E-state index in [1.807, 2.05) is 26.0 Å². The molecule has 0 aliphatic heterocycles. The molecular formula is C30H44O6S. The van der Waals surface area contributed by atoms with E-state index >= 15 is 0 Å². The summed E-state index contributed by atoms with van der Waals surface area (Å²) in [6.07, 6.45) is 27.4. The molecule has 1 atom stereocenters. The largest absolute Gasteiger partial charge is 0.480 e. The number of unbranched alkanes of at least 4 members (excludes halogenated alkanes) is 1. The zero-order valence-corrected chi connectivity index (χ0v) is 23.4. The fourth-order valence-electron chi connectivity index (χ4n) is 3.01. The SMILES string of the molecule is CC/C=C\C/C=C\C/C=C\C/C=C\C/C=C\CCCC(=O)OC(=O)CCC(=O)SC(CC(C)C)C(=O)O. The second-order valence-corrected chi connectivity index (χ2v) is 10.2. The molecule has 0 saturated heterocycles. The first-order valence-corrected chi connectivity index (χ1v) is 14.0. The highest BCUT2D eigenvalue weighted by Gasteiger charge is 2.23. The van der Waals surface area contributed by atoms with Gasteiger partial charge in [-0.1, -0.05) is 93.3 Å². The number of rotatable bonds is 20. The maximum absolute atomic E-state index is 12.0. The third-order valence-corrected chi connectivity index (χ3v) is 6.05. The molecule has 0 aromatic rings. The second-order valence-electron chi connectivity index (χ2n) is 8.89. The molecule has 0 amide bonds. The number of hydrogen-bond acceptors (Lipinski definition) is 6. The summed E-state index contributed by atoms with van der Waals surface area (Å²) in [4.78, 5) is 46.8. The molecule has 0 spiro atoms. The molecule has 206 valence electrons. The highest BCUT2D eigenvalue weighted by molar-refractivity contribution is 8.14. The maximum Gasteiger partial charge on any atom is 0.317 e. The van der Waals surface area contributed by atoms with Crippen LogP contribution in [0.1, 0.15) is 91.4 Å². The minimum absolute atomic E-state index is 0.123. The van der Waals surface area contributed by atoms with Gasteiger partial charge < -0.3 is 9.84 Å². The molecule has 0 aliphatic carbocycles. The molecule has 6 nitrogen and oxygen atoms in total. The molecule has 37 heavy (non-hydrogen) atoms. The van der Waals surface area contributed by atoms with Crippen molar-refractivity contribution in [3.8, 4) is 0 Å². The fraction of sp³-hybridized carbons (Fsp3) is 0.533. The van der Waals surface area contributed by atoms with Crippen molar-refractivity contribution in [2.75, 3.05) is 0 Å². The van der Waals surface area contributed by atoms with E-state index in [4.69, 9.17) is 4.74 Å². The van der Waals surface area contributed by atoms with E-state index in [0.717, 1.165) is 43.9 Å². The molecule has 0 fully saturated rings. The Kier molecular flexibility index (Phi) is 22.0. The highest BCUT2D eigenvalue weighted by Crippen LogP contribution is 2.22. The molecular weight excluding hydrogens is 488 g/mol. The van der Waals surface area contributed by atoms with E-state index in [1.165, 1.54) is 0 Å². The van der Waals surface area contributed by atoms with Gasteiger partial charge in [-0.05, 0) is 57.3 Å². The van der Waals surface area contributed by atoms with Crippen LogP contribution in [0, 0.1) is 5.92 Å². The number of carbonyl (C=O) groups excluding carboxylic acids is 3. The van der Waals surface area contributed by atoms with E-state index in [1.54, 1.807) is 0 Å². The van der Waals surface area contributed by atoms with Crippen molar-refractivity contribution in [3.05, 3.63) is 60.8 Å². The number of hydrogen-bond donors (Lipinski definition) is 1. The minimum Gasteiger partial charge on any atom is -0.480 e. The summed E-state index contributed by atoms with van der Waals surface area (Å²) in [5, 5.41) is 7.96. The molecule has 0 saturated carbocycles. The Morgan fingerprint density at radius 1 is 0.730 bits per heavy atom. The van der Waals surface area contributed by atoms with Crippen molar-refractivity contribution in [3.63, 3.8) is 0 Å². The fourth-order valence-corrected chi connectivity index (χ4v) is 4.13. The molecule has 7 heteroatoms. The van der Waals surface area contributed by atoms with Crippen molar-refractivity contribution in [2.45, 2.75) is 96.7 Å². The summed E-state index contributed by atoms with van der Waals surface area (Å²) in [5.41, 5.74) is 0. The van der Waals surface area contributed by atoms with Crippen LogP contribution in [0.3, 0.4) is 0 Å². The number of ether oxygens (including phenoxy) is 1. The summed E-state index contributed by atoms with van der Waals surface area (Å²) in [5.74, 6) is -2.28. The van der Waals surface area contributed by atoms with Crippen LogP contribution in [0.4, 0.5) is 0 Å². The smallest absolute Gasteiger partial charge is 0.317 e. The predicted molar refractivity (Wildman–Crippen MR) is 152 cm³/mol. The normalized spacial score (nSPS) is 13.1. The van der Waals surface area contributed by atoms with Crippen molar-refractivity contribution < 1.29 is 29.0 Å². The molecule has 0 aromatic carbocycles. The standard InChI is InChI=1S/C30H44O6S/c1-4-5-6-7-8-9-10-11-12-13-14-15-16-17-18-19-20-21-27(31)36-28(32)22-23-29(33)37-26(30(34)35)24-25(2)3/h5-6,8-9,11-12,14-15,17-18,25-26H,4,7,10,13,16,19-24H2,1-3H3,(H,34,35)/b6-5-,9-8-,12-11-,15-14-,18-17-. The van der Waals surface area contributed by atoms with Gasteiger partial charge in [0.1, 0.15) is 5.25 Å². The third-order valence-electron chi connectivity index (χ3n) is 4.90. The van der Waals surface area contributed by atoms with Gasteiger partial charge in [0.2, 0.25) is 0 Å². The number of esters is 2. The van der Waals surface area contributed by atoms with Crippen LogP contribution in [0.25, 0.3) is 0 Å². The van der Waals surface area contributed by atoms with Gasteiger partial charge in [-0.3, -0.25) is 19.2 Å². The zero-order chi connectivity index (χ0) is 27.7. The molecule has 0 heterocycles. The number of aliphatic carboxylic acids is 1. The zero-order valence-electron chi connectivity index (χ0n) is 22.6. The van der Waals surface area contributed by atoms with Crippen LogP contribution in [0.15, 0.2) is 60.8 Å². The lowest BCUT2D eigenvalue weighted by Crippen LogP contribution is -2.21. The number of thioether (sulfide) groups is 1. The first kappa shape index (κ1) is 34.3. The Labute approximate surface area is 227 Å². The lowest BCUT2D eigenvalue weighted by molar-refractivity contribution is -0.160. The Hall–Kier alpha value is -2.67. The van der Waals surface area contributed by atoms with Crippen molar-refractivity contribution in [2.24, 2.45) is 5.92 Å². The third kappa shape index (κ3) is 23.5. The monoisotopic (exact) mass is 532 g/mol. The lowest BCUT2D eigenvalue weighted by Gasteiger charge is -2.13. The first-order chi connectivity index (χ1) is 17.8. The van der Waals surface area contributed by atoms with Gasteiger partial charge in [-0.2, -0.15) is 0 Å². The van der Waals surface area contributed by atoms with E-state index in [9.17, 15) is 24.3 Å². The summed E-state index contributed by atoms with van der Waals surface area (Å²) < 4.78 is 4.74. The van der Waals surface area contributed by atoms with Crippen LogP contribution < -0.4 is 0 Å². The van der Waals surface area contributed by atoms with E-state index in [2.05, 4.69) is 55.5 Å². The van der Waals surface area contributed by atoms with Crippen LogP contribution >= 0.6 is 11.8 Å². The second kappa shape index (κ2) is 23.7. The Bertz CT molecular complexity index is 820. The van der Waals surface area contributed by atoms with Gasteiger partial charge in [0.05, 0.1) is 6.42 Å². The molecule has 0 radical (unpaired) electrons. The van der Waals surface area contributed by atoms with Crippen LogP contribution in [0.5, 0.6) is 0 Å². The first-order valence-electron chi connectivity index (χ1n) is 13.2. The average molecular weight is 533 g/mol. The van der Waals surface area contributed by atoms with Gasteiger partial charge >= 0.3 is 17.9 Å². The molecule has 0 aliphatic rings. The van der Waals surface area contributed by atoms with E-state index < -0.39 is 28.3 Å². The molecule has 0 aromatic heterocycles. The maximum atomic E-state index is 12.0. The van der Waals surface area contributed by atoms with Gasteiger partial charge in [-0.25, -0.2) is 0 Å². The van der Waals surface area contributed by atoms with E-state index in [-0.39, 0.29) is 25.2 Å². The summed E-state index contributed by atoms with van der Waals surface area (Å²) in [6, 6.07) is 0. The highest BCUT2D eigenvalue weighted by atomic mass is 32.2. The van der Waals surface area contributed by atoms with Crippen LogP contribution in [-0.4, -0.2) is 33.4 Å². The van der Waals surface area contributed by atoms with Crippen LogP contribution in [0.2, 0.25) is 0 Å². The van der Waals surface area contributed by atoms with E-state index in [0.29, 0.717) is 19.3 Å². The Morgan fingerprint density at radius 3 is 1.70 bits per heavy atom.